The van der Waals surface area contributed by atoms with E-state index in [1.165, 1.54) is 18.9 Å². The molecule has 0 spiro atoms. The van der Waals surface area contributed by atoms with E-state index in [9.17, 15) is 9.18 Å². The topological polar surface area (TPSA) is 56.1 Å². The van der Waals surface area contributed by atoms with Gasteiger partial charge in [0.2, 0.25) is 0 Å². The van der Waals surface area contributed by atoms with Gasteiger partial charge in [0.05, 0.1) is 23.8 Å². The molecule has 1 saturated carbocycles. The molecule has 0 radical (unpaired) electrons. The monoisotopic (exact) mass is 343 g/mol. The summed E-state index contributed by atoms with van der Waals surface area (Å²) in [6.45, 7) is 3.77. The van der Waals surface area contributed by atoms with E-state index in [-0.39, 0.29) is 23.8 Å². The Bertz CT molecular complexity index is 811. The van der Waals surface area contributed by atoms with Crippen molar-refractivity contribution in [1.29, 1.82) is 0 Å². The van der Waals surface area contributed by atoms with Gasteiger partial charge in [0.15, 0.2) is 11.6 Å². The summed E-state index contributed by atoms with van der Waals surface area (Å²) in [5.41, 5.74) is 2.14. The number of benzene rings is 1. The van der Waals surface area contributed by atoms with E-state index in [2.05, 4.69) is 10.4 Å². The van der Waals surface area contributed by atoms with E-state index >= 15 is 0 Å². The van der Waals surface area contributed by atoms with Crippen LogP contribution < -0.4 is 10.1 Å². The summed E-state index contributed by atoms with van der Waals surface area (Å²) in [5, 5.41) is 7.42. The summed E-state index contributed by atoms with van der Waals surface area (Å²) in [6.07, 6.45) is 5.97. The van der Waals surface area contributed by atoms with E-state index in [0.717, 1.165) is 18.5 Å². The lowest BCUT2D eigenvalue weighted by Crippen LogP contribution is -2.34. The number of aromatic nitrogens is 2. The fourth-order valence-electron chi connectivity index (χ4n) is 3.98. The maximum atomic E-state index is 13.9. The number of para-hydroxylation sites is 1. The van der Waals surface area contributed by atoms with Gasteiger partial charge in [-0.25, -0.2) is 4.39 Å². The third kappa shape index (κ3) is 2.69. The van der Waals surface area contributed by atoms with Crippen LogP contribution in [-0.2, 0) is 0 Å². The van der Waals surface area contributed by atoms with Crippen LogP contribution in [0.15, 0.2) is 24.4 Å². The van der Waals surface area contributed by atoms with Crippen LogP contribution in [0.4, 0.5) is 4.39 Å². The number of hydrogen-bond acceptors (Lipinski definition) is 3. The zero-order chi connectivity index (χ0) is 17.6. The SMILES string of the molecule is Cc1c(C(=O)N[C@@H]2c3cccc(F)c3O[C@@H]2C)cnn1C1CCCC1. The van der Waals surface area contributed by atoms with E-state index in [1.54, 1.807) is 18.3 Å². The molecule has 0 unspecified atom stereocenters. The second kappa shape index (κ2) is 6.17. The molecule has 1 aromatic carbocycles. The van der Waals surface area contributed by atoms with Crippen LogP contribution >= 0.6 is 0 Å². The van der Waals surface area contributed by atoms with Crippen LogP contribution in [0.1, 0.15) is 66.3 Å². The van der Waals surface area contributed by atoms with Crippen molar-refractivity contribution >= 4 is 5.91 Å². The molecule has 1 aliphatic heterocycles. The lowest BCUT2D eigenvalue weighted by molar-refractivity contribution is 0.0907. The highest BCUT2D eigenvalue weighted by molar-refractivity contribution is 5.95. The number of hydrogen-bond donors (Lipinski definition) is 1. The molecular weight excluding hydrogens is 321 g/mol. The minimum absolute atomic E-state index is 0.195. The Morgan fingerprint density at radius 2 is 2.12 bits per heavy atom. The summed E-state index contributed by atoms with van der Waals surface area (Å²) in [5.74, 6) is -0.357. The number of nitrogens with one attached hydrogen (secondary N) is 1. The third-order valence-corrected chi connectivity index (χ3v) is 5.35. The first-order valence-corrected chi connectivity index (χ1v) is 8.86. The Balaban J connectivity index is 1.56. The smallest absolute Gasteiger partial charge is 0.255 e. The van der Waals surface area contributed by atoms with Gasteiger partial charge in [-0.15, -0.1) is 0 Å². The first kappa shape index (κ1) is 16.1. The first-order valence-electron chi connectivity index (χ1n) is 8.86. The summed E-state index contributed by atoms with van der Waals surface area (Å²) in [4.78, 5) is 12.8. The van der Waals surface area contributed by atoms with E-state index in [1.807, 2.05) is 18.5 Å². The Morgan fingerprint density at radius 3 is 2.88 bits per heavy atom. The zero-order valence-corrected chi connectivity index (χ0v) is 14.5. The molecule has 1 aliphatic carbocycles. The summed E-state index contributed by atoms with van der Waals surface area (Å²) >= 11 is 0. The summed E-state index contributed by atoms with van der Waals surface area (Å²) < 4.78 is 21.5. The van der Waals surface area contributed by atoms with E-state index < -0.39 is 5.82 Å². The van der Waals surface area contributed by atoms with Crippen LogP contribution in [0, 0.1) is 12.7 Å². The Hall–Kier alpha value is -2.37. The van der Waals surface area contributed by atoms with Gasteiger partial charge in [-0.05, 0) is 32.8 Å². The maximum absolute atomic E-state index is 13.9. The quantitative estimate of drug-likeness (QED) is 0.924. The van der Waals surface area contributed by atoms with Crippen molar-refractivity contribution in [2.24, 2.45) is 0 Å². The molecule has 0 bridgehead atoms. The van der Waals surface area contributed by atoms with Crippen LogP contribution in [0.5, 0.6) is 5.75 Å². The number of nitrogens with zero attached hydrogens (tertiary/aromatic N) is 2. The molecule has 1 N–H and O–H groups in total. The number of carbonyl (C=O) groups is 1. The number of fused-ring (bicyclic) bond motifs is 1. The molecule has 1 fully saturated rings. The second-order valence-corrected chi connectivity index (χ2v) is 6.96. The molecule has 2 aromatic rings. The zero-order valence-electron chi connectivity index (χ0n) is 14.5. The van der Waals surface area contributed by atoms with Crippen molar-refractivity contribution in [2.75, 3.05) is 0 Å². The fraction of sp³-hybridized carbons (Fsp3) is 0.474. The molecule has 2 atom stereocenters. The molecule has 25 heavy (non-hydrogen) atoms. The molecule has 0 saturated heterocycles. The van der Waals surface area contributed by atoms with Gasteiger partial charge >= 0.3 is 0 Å². The number of carbonyl (C=O) groups excluding carboxylic acids is 1. The molecule has 6 heteroatoms. The lowest BCUT2D eigenvalue weighted by atomic mass is 10.0. The predicted octanol–water partition coefficient (Wildman–Crippen LogP) is 3.70. The molecule has 1 aromatic heterocycles. The van der Waals surface area contributed by atoms with Gasteiger partial charge in [-0.2, -0.15) is 5.10 Å². The van der Waals surface area contributed by atoms with Crippen LogP contribution in [0.2, 0.25) is 0 Å². The van der Waals surface area contributed by atoms with Crippen LogP contribution in [0.25, 0.3) is 0 Å². The van der Waals surface area contributed by atoms with Crippen molar-refractivity contribution in [2.45, 2.75) is 57.7 Å². The maximum Gasteiger partial charge on any atom is 0.255 e. The van der Waals surface area contributed by atoms with Gasteiger partial charge in [0, 0.05) is 11.3 Å². The first-order chi connectivity index (χ1) is 12.1. The van der Waals surface area contributed by atoms with E-state index in [4.69, 9.17) is 4.74 Å². The third-order valence-electron chi connectivity index (χ3n) is 5.35. The molecule has 2 heterocycles. The average Bonchev–Trinajstić information content (AvgIpc) is 3.29. The van der Waals surface area contributed by atoms with Crippen molar-refractivity contribution in [3.05, 3.63) is 47.0 Å². The highest BCUT2D eigenvalue weighted by Gasteiger charge is 2.35. The minimum Gasteiger partial charge on any atom is -0.485 e. The van der Waals surface area contributed by atoms with Gasteiger partial charge in [0.25, 0.3) is 5.91 Å². The normalized spacial score (nSPS) is 22.7. The standard InChI is InChI=1S/C19H22FN3O2/c1-11-15(10-21-23(11)13-6-3-4-7-13)19(24)22-17-12(2)25-18-14(17)8-5-9-16(18)20/h5,8-10,12-13,17H,3-4,6-7H2,1-2H3,(H,22,24)/t12-,17+/m1/s1. The van der Waals surface area contributed by atoms with Gasteiger partial charge in [-0.3, -0.25) is 9.48 Å². The average molecular weight is 343 g/mol. The van der Waals surface area contributed by atoms with Crippen LogP contribution in [0.3, 0.4) is 0 Å². The van der Waals surface area contributed by atoms with Crippen LogP contribution in [-0.4, -0.2) is 21.8 Å². The molecule has 4 rings (SSSR count). The van der Waals surface area contributed by atoms with Gasteiger partial charge in [-0.1, -0.05) is 25.0 Å². The van der Waals surface area contributed by atoms with Crippen molar-refractivity contribution in [3.8, 4) is 5.75 Å². The Labute approximate surface area is 146 Å². The molecule has 132 valence electrons. The van der Waals surface area contributed by atoms with Gasteiger partial charge in [0.1, 0.15) is 6.10 Å². The predicted molar refractivity (Wildman–Crippen MR) is 91.2 cm³/mol. The Morgan fingerprint density at radius 1 is 1.36 bits per heavy atom. The van der Waals surface area contributed by atoms with Crippen molar-refractivity contribution in [3.63, 3.8) is 0 Å². The molecular formula is C19H22FN3O2. The van der Waals surface area contributed by atoms with E-state index in [0.29, 0.717) is 17.2 Å². The fourth-order valence-corrected chi connectivity index (χ4v) is 3.98. The largest absolute Gasteiger partial charge is 0.485 e. The number of amides is 1. The lowest BCUT2D eigenvalue weighted by Gasteiger charge is -2.17. The second-order valence-electron chi connectivity index (χ2n) is 6.96. The Kier molecular flexibility index (Phi) is 3.98. The number of rotatable bonds is 3. The van der Waals surface area contributed by atoms with Crippen molar-refractivity contribution < 1.29 is 13.9 Å². The van der Waals surface area contributed by atoms with Gasteiger partial charge < -0.3 is 10.1 Å². The number of ether oxygens (including phenoxy) is 1. The van der Waals surface area contributed by atoms with Crippen molar-refractivity contribution in [1.82, 2.24) is 15.1 Å². The highest BCUT2D eigenvalue weighted by Crippen LogP contribution is 2.38. The molecule has 2 aliphatic rings. The highest BCUT2D eigenvalue weighted by atomic mass is 19.1. The molecule has 1 amide bonds. The number of halogens is 1. The summed E-state index contributed by atoms with van der Waals surface area (Å²) in [6, 6.07) is 4.82. The summed E-state index contributed by atoms with van der Waals surface area (Å²) in [7, 11) is 0. The minimum atomic E-state index is -0.397. The molecule has 5 nitrogen and oxygen atoms in total.